The van der Waals surface area contributed by atoms with Crippen LogP contribution in [0.15, 0.2) is 17.4 Å². The van der Waals surface area contributed by atoms with Crippen LogP contribution < -0.4 is 15.6 Å². The van der Waals surface area contributed by atoms with Gasteiger partial charge in [-0.3, -0.25) is 14.5 Å². The van der Waals surface area contributed by atoms with Crippen molar-refractivity contribution in [2.45, 2.75) is 20.4 Å². The molecule has 2 aromatic heterocycles. The Balaban J connectivity index is 2.25. The number of fused-ring (bicyclic) bond motifs is 1. The third-order valence-corrected chi connectivity index (χ3v) is 5.05. The summed E-state index contributed by atoms with van der Waals surface area (Å²) < 4.78 is 13.0. The zero-order valence-electron chi connectivity index (χ0n) is 18.0. The van der Waals surface area contributed by atoms with Gasteiger partial charge in [0, 0.05) is 46.2 Å². The van der Waals surface area contributed by atoms with Gasteiger partial charge in [-0.05, 0) is 19.1 Å². The fraction of sp³-hybridized carbons (Fsp3) is 0.429. The molecular weight excluding hydrogens is 402 g/mol. The van der Waals surface area contributed by atoms with Crippen LogP contribution in [-0.4, -0.2) is 70.6 Å². The van der Waals surface area contributed by atoms with E-state index in [-0.39, 0.29) is 11.5 Å². The zero-order valence-corrected chi connectivity index (χ0v) is 18.0. The first kappa shape index (κ1) is 22.4. The van der Waals surface area contributed by atoms with E-state index in [9.17, 15) is 14.4 Å². The van der Waals surface area contributed by atoms with Crippen molar-refractivity contribution in [2.24, 2.45) is 0 Å². The van der Waals surface area contributed by atoms with Crippen molar-refractivity contribution >= 4 is 29.9 Å². The first-order valence-electron chi connectivity index (χ1n) is 10.1. The van der Waals surface area contributed by atoms with Gasteiger partial charge in [-0.15, -0.1) is 0 Å². The molecule has 0 aromatic carbocycles. The van der Waals surface area contributed by atoms with Gasteiger partial charge in [0.15, 0.2) is 0 Å². The quantitative estimate of drug-likeness (QED) is 0.644. The Labute approximate surface area is 179 Å². The Kier molecular flexibility index (Phi) is 7.03. The number of esters is 2. The van der Waals surface area contributed by atoms with Crippen molar-refractivity contribution < 1.29 is 19.1 Å². The third kappa shape index (κ3) is 4.44. The summed E-state index contributed by atoms with van der Waals surface area (Å²) in [5, 5.41) is 3.32. The first-order chi connectivity index (χ1) is 14.9. The molecule has 31 heavy (non-hydrogen) atoms. The summed E-state index contributed by atoms with van der Waals surface area (Å²) in [4.78, 5) is 43.9. The predicted octanol–water partition coefficient (Wildman–Crippen LogP) is 0.789. The molecule has 1 N–H and O–H groups in total. The van der Waals surface area contributed by atoms with Crippen molar-refractivity contribution in [3.63, 3.8) is 0 Å². The number of imidazole rings is 1. The lowest BCUT2D eigenvalue weighted by Gasteiger charge is -2.27. The molecule has 0 bridgehead atoms. The number of hydrogen-bond donors (Lipinski definition) is 1. The molecule has 10 heteroatoms. The number of hydrogen-bond acceptors (Lipinski definition) is 8. The van der Waals surface area contributed by atoms with Gasteiger partial charge in [0.05, 0.1) is 18.5 Å². The van der Waals surface area contributed by atoms with Crippen LogP contribution in [0.1, 0.15) is 35.7 Å². The van der Waals surface area contributed by atoms with Gasteiger partial charge >= 0.3 is 17.5 Å². The largest absolute Gasteiger partial charge is 0.464 e. The van der Waals surface area contributed by atoms with E-state index >= 15 is 0 Å². The van der Waals surface area contributed by atoms with Crippen LogP contribution in [0.2, 0.25) is 0 Å². The molecule has 0 atom stereocenters. The van der Waals surface area contributed by atoms with Gasteiger partial charge in [-0.2, -0.15) is 0 Å². The minimum absolute atomic E-state index is 0.249. The van der Waals surface area contributed by atoms with Crippen LogP contribution in [0.25, 0.3) is 17.9 Å². The summed E-state index contributed by atoms with van der Waals surface area (Å²) in [5.74, 6) is -1.82. The highest BCUT2D eigenvalue weighted by atomic mass is 16.5. The Morgan fingerprint density at radius 3 is 2.52 bits per heavy atom. The van der Waals surface area contributed by atoms with E-state index in [1.54, 1.807) is 6.08 Å². The number of carbonyl (C=O) groups is 2. The maximum atomic E-state index is 13.3. The van der Waals surface area contributed by atoms with E-state index in [1.807, 2.05) is 23.6 Å². The van der Waals surface area contributed by atoms with Crippen molar-refractivity contribution in [3.8, 4) is 5.75 Å². The van der Waals surface area contributed by atoms with E-state index < -0.39 is 23.2 Å². The molecule has 3 rings (SSSR count). The fourth-order valence-corrected chi connectivity index (χ4v) is 3.65. The SMILES string of the molecule is C=Cc1c(/C=C\C)n(CCN2CCNCC2)c2nc(C(=O)OC)c(OC(C)=O)c(=O)n12. The van der Waals surface area contributed by atoms with Crippen LogP contribution in [0, 0.1) is 0 Å². The highest BCUT2D eigenvalue weighted by Crippen LogP contribution is 2.22. The van der Waals surface area contributed by atoms with E-state index in [0.717, 1.165) is 39.6 Å². The third-order valence-electron chi connectivity index (χ3n) is 5.05. The topological polar surface area (TPSA) is 107 Å². The summed E-state index contributed by atoms with van der Waals surface area (Å²) in [7, 11) is 1.17. The van der Waals surface area contributed by atoms with E-state index in [4.69, 9.17) is 9.47 Å². The lowest BCUT2D eigenvalue weighted by molar-refractivity contribution is -0.132. The summed E-state index contributed by atoms with van der Waals surface area (Å²) in [6, 6.07) is 0. The van der Waals surface area contributed by atoms with Gasteiger partial charge in [-0.1, -0.05) is 12.7 Å². The lowest BCUT2D eigenvalue weighted by atomic mass is 10.2. The Bertz CT molecular complexity index is 1090. The molecule has 0 saturated carbocycles. The number of ether oxygens (including phenoxy) is 2. The minimum Gasteiger partial charge on any atom is -0.464 e. The maximum Gasteiger partial charge on any atom is 0.360 e. The van der Waals surface area contributed by atoms with Crippen LogP contribution in [-0.2, 0) is 16.1 Å². The molecule has 10 nitrogen and oxygen atoms in total. The smallest absolute Gasteiger partial charge is 0.360 e. The molecule has 2 aromatic rings. The van der Waals surface area contributed by atoms with E-state index in [2.05, 4.69) is 21.8 Å². The number of aromatic nitrogens is 3. The molecule has 1 aliphatic rings. The minimum atomic E-state index is -0.863. The van der Waals surface area contributed by atoms with Gasteiger partial charge in [-0.25, -0.2) is 14.2 Å². The van der Waals surface area contributed by atoms with Crippen LogP contribution >= 0.6 is 0 Å². The van der Waals surface area contributed by atoms with Crippen LogP contribution in [0.5, 0.6) is 5.75 Å². The Hall–Kier alpha value is -3.24. The van der Waals surface area contributed by atoms with Crippen molar-refractivity contribution in [1.29, 1.82) is 0 Å². The normalized spacial score (nSPS) is 14.8. The number of nitrogens with zero attached hydrogens (tertiary/aromatic N) is 4. The summed E-state index contributed by atoms with van der Waals surface area (Å²) in [6.45, 7) is 11.8. The molecule has 1 fully saturated rings. The lowest BCUT2D eigenvalue weighted by Crippen LogP contribution is -2.44. The number of methoxy groups -OCH3 is 1. The molecule has 3 heterocycles. The number of nitrogens with one attached hydrogen (secondary N) is 1. The van der Waals surface area contributed by atoms with Gasteiger partial charge < -0.3 is 19.4 Å². The standard InChI is InChI=1S/C21H27N5O5/c1-5-7-16-15(6-2)26-19(28)18(31-14(3)27)17(20(29)30-4)23-21(26)25(16)13-12-24-10-8-22-9-11-24/h5-7,22H,2,8-13H2,1,3-4H3/b7-5-. The average Bonchev–Trinajstić information content (AvgIpc) is 3.06. The Morgan fingerprint density at radius 2 is 1.94 bits per heavy atom. The maximum absolute atomic E-state index is 13.3. The molecule has 1 saturated heterocycles. The highest BCUT2D eigenvalue weighted by molar-refractivity contribution is 5.91. The number of allylic oxidation sites excluding steroid dienone is 1. The molecule has 0 unspecified atom stereocenters. The van der Waals surface area contributed by atoms with Crippen molar-refractivity contribution in [2.75, 3.05) is 39.8 Å². The molecule has 1 aliphatic heterocycles. The van der Waals surface area contributed by atoms with Crippen LogP contribution in [0.4, 0.5) is 0 Å². The van der Waals surface area contributed by atoms with Crippen LogP contribution in [0.3, 0.4) is 0 Å². The molecule has 0 spiro atoms. The Morgan fingerprint density at radius 1 is 1.23 bits per heavy atom. The first-order valence-corrected chi connectivity index (χ1v) is 10.1. The molecule has 0 amide bonds. The predicted molar refractivity (Wildman–Crippen MR) is 116 cm³/mol. The number of piperazine rings is 1. The highest BCUT2D eigenvalue weighted by Gasteiger charge is 2.27. The van der Waals surface area contributed by atoms with Gasteiger partial charge in [0.25, 0.3) is 0 Å². The summed E-state index contributed by atoms with van der Waals surface area (Å²) >= 11 is 0. The number of carbonyl (C=O) groups excluding carboxylic acids is 2. The van der Waals surface area contributed by atoms with Crippen molar-refractivity contribution in [3.05, 3.63) is 40.1 Å². The zero-order chi connectivity index (χ0) is 22.5. The average molecular weight is 429 g/mol. The summed E-state index contributed by atoms with van der Waals surface area (Å²) in [6.07, 6.45) is 5.25. The van der Waals surface area contributed by atoms with Crippen molar-refractivity contribution in [1.82, 2.24) is 24.2 Å². The molecule has 166 valence electrons. The molecule has 0 aliphatic carbocycles. The monoisotopic (exact) mass is 429 g/mol. The molecular formula is C21H27N5O5. The summed E-state index contributed by atoms with van der Waals surface area (Å²) in [5.41, 5.74) is 0.192. The molecule has 0 radical (unpaired) electrons. The second kappa shape index (κ2) is 9.71. The fourth-order valence-electron chi connectivity index (χ4n) is 3.65. The van der Waals surface area contributed by atoms with Gasteiger partial charge in [0.1, 0.15) is 0 Å². The second-order valence-electron chi connectivity index (χ2n) is 7.03. The van der Waals surface area contributed by atoms with E-state index in [1.165, 1.54) is 11.5 Å². The number of rotatable bonds is 7. The second-order valence-corrected chi connectivity index (χ2v) is 7.03. The van der Waals surface area contributed by atoms with E-state index in [0.29, 0.717) is 17.9 Å². The van der Waals surface area contributed by atoms with Gasteiger partial charge in [0.2, 0.25) is 17.2 Å².